The topological polar surface area (TPSA) is 70.7 Å². The number of aromatic nitrogens is 2. The number of carbonyl (C=O) groups excluding carboxylic acids is 1. The third kappa shape index (κ3) is 2.92. The third-order valence-electron chi connectivity index (χ3n) is 3.86. The number of aryl methyl sites for hydroxylation is 2. The Morgan fingerprint density at radius 2 is 2.00 bits per heavy atom. The minimum atomic E-state index is -0.178. The summed E-state index contributed by atoms with van der Waals surface area (Å²) in [4.78, 5) is 16.8. The summed E-state index contributed by atoms with van der Waals surface area (Å²) in [5.41, 5.74) is 4.00. The number of nitriles is 1. The molecule has 23 heavy (non-hydrogen) atoms. The van der Waals surface area contributed by atoms with E-state index in [0.717, 1.165) is 22.4 Å². The highest BCUT2D eigenvalue weighted by molar-refractivity contribution is 6.05. The monoisotopic (exact) mass is 304 g/mol. The Morgan fingerprint density at radius 3 is 2.70 bits per heavy atom. The molecular formula is C18H16N4O. The van der Waals surface area contributed by atoms with Crippen LogP contribution < -0.4 is 5.32 Å². The van der Waals surface area contributed by atoms with Crippen molar-refractivity contribution in [3.63, 3.8) is 0 Å². The molecule has 0 radical (unpaired) electrons. The van der Waals surface area contributed by atoms with Crippen molar-refractivity contribution >= 4 is 22.6 Å². The summed E-state index contributed by atoms with van der Waals surface area (Å²) in [6, 6.07) is 14.9. The van der Waals surface area contributed by atoms with Gasteiger partial charge in [0.25, 0.3) is 5.91 Å². The fourth-order valence-electron chi connectivity index (χ4n) is 2.46. The molecule has 5 nitrogen and oxygen atoms in total. The third-order valence-corrected chi connectivity index (χ3v) is 3.86. The van der Waals surface area contributed by atoms with E-state index >= 15 is 0 Å². The van der Waals surface area contributed by atoms with Crippen molar-refractivity contribution < 1.29 is 4.79 Å². The lowest BCUT2D eigenvalue weighted by molar-refractivity contribution is 0.102. The number of hydrogen-bond donors (Lipinski definition) is 1. The van der Waals surface area contributed by atoms with Gasteiger partial charge in [-0.3, -0.25) is 4.79 Å². The summed E-state index contributed by atoms with van der Waals surface area (Å²) in [7, 11) is 1.95. The molecule has 1 amide bonds. The molecule has 0 aliphatic rings. The van der Waals surface area contributed by atoms with Gasteiger partial charge in [0, 0.05) is 18.3 Å². The predicted octanol–water partition coefficient (Wildman–Crippen LogP) is 3.20. The van der Waals surface area contributed by atoms with Crippen LogP contribution in [-0.4, -0.2) is 15.5 Å². The number of carbonyl (C=O) groups is 1. The van der Waals surface area contributed by atoms with Crippen LogP contribution in [0.3, 0.4) is 0 Å². The maximum Gasteiger partial charge on any atom is 0.255 e. The normalized spacial score (nSPS) is 10.5. The highest BCUT2D eigenvalue weighted by Gasteiger charge is 2.10. The first-order valence-corrected chi connectivity index (χ1v) is 7.29. The number of nitrogens with zero attached hydrogens (tertiary/aromatic N) is 3. The lowest BCUT2D eigenvalue weighted by Crippen LogP contribution is -2.11. The van der Waals surface area contributed by atoms with E-state index in [2.05, 4.69) is 16.4 Å². The van der Waals surface area contributed by atoms with Crippen molar-refractivity contribution in [1.29, 1.82) is 5.26 Å². The summed E-state index contributed by atoms with van der Waals surface area (Å²) in [5.74, 6) is 0.730. The fourth-order valence-corrected chi connectivity index (χ4v) is 2.46. The van der Waals surface area contributed by atoms with Crippen LogP contribution in [0.1, 0.15) is 21.7 Å². The highest BCUT2D eigenvalue weighted by atomic mass is 16.1. The number of rotatable bonds is 3. The summed E-state index contributed by atoms with van der Waals surface area (Å²) in [5, 5.41) is 11.5. The zero-order chi connectivity index (χ0) is 16.4. The number of amides is 1. The first-order valence-electron chi connectivity index (χ1n) is 7.29. The molecule has 0 bridgehead atoms. The average molecular weight is 304 g/mol. The number of fused-ring (bicyclic) bond motifs is 1. The van der Waals surface area contributed by atoms with Crippen LogP contribution in [0.2, 0.25) is 0 Å². The Labute approximate surface area is 134 Å². The first kappa shape index (κ1) is 14.8. The van der Waals surface area contributed by atoms with Crippen LogP contribution in [0, 0.1) is 18.3 Å². The van der Waals surface area contributed by atoms with Gasteiger partial charge in [0.2, 0.25) is 0 Å². The van der Waals surface area contributed by atoms with E-state index in [0.29, 0.717) is 17.7 Å². The van der Waals surface area contributed by atoms with Gasteiger partial charge in [0.05, 0.1) is 23.5 Å². The maximum absolute atomic E-state index is 12.4. The van der Waals surface area contributed by atoms with Crippen molar-refractivity contribution in [2.75, 3.05) is 5.32 Å². The lowest BCUT2D eigenvalue weighted by Gasteiger charge is -2.06. The molecule has 1 N–H and O–H groups in total. The molecule has 0 aliphatic heterocycles. The van der Waals surface area contributed by atoms with Crippen molar-refractivity contribution in [2.45, 2.75) is 13.3 Å². The van der Waals surface area contributed by atoms with E-state index in [1.54, 1.807) is 24.3 Å². The molecule has 0 aliphatic carbocycles. The molecule has 0 unspecified atom stereocenters. The second-order valence-corrected chi connectivity index (χ2v) is 5.41. The molecule has 1 aromatic heterocycles. The van der Waals surface area contributed by atoms with Crippen molar-refractivity contribution in [2.24, 2.45) is 7.05 Å². The summed E-state index contributed by atoms with van der Waals surface area (Å²) >= 11 is 0. The molecule has 2 aromatic carbocycles. The van der Waals surface area contributed by atoms with E-state index in [-0.39, 0.29) is 5.91 Å². The summed E-state index contributed by atoms with van der Waals surface area (Å²) in [6.45, 7) is 1.93. The Bertz CT molecular complexity index is 917. The standard InChI is InChI=1S/C18H16N4O/c1-12-20-16-11-14(5-8-17(16)22(12)2)18(23)21-15-6-3-13(4-7-15)9-10-19/h3-8,11H,9H2,1-2H3,(H,21,23). The number of benzene rings is 2. The van der Waals surface area contributed by atoms with Crippen LogP contribution in [0.4, 0.5) is 5.69 Å². The first-order chi connectivity index (χ1) is 11.1. The van der Waals surface area contributed by atoms with Crippen molar-refractivity contribution in [3.8, 4) is 6.07 Å². The van der Waals surface area contributed by atoms with Gasteiger partial charge in [0.1, 0.15) is 5.82 Å². The minimum Gasteiger partial charge on any atom is -0.331 e. The van der Waals surface area contributed by atoms with Crippen molar-refractivity contribution in [3.05, 3.63) is 59.4 Å². The number of imidazole rings is 1. The molecule has 0 atom stereocenters. The van der Waals surface area contributed by atoms with E-state index in [1.807, 2.05) is 36.7 Å². The number of hydrogen-bond acceptors (Lipinski definition) is 3. The van der Waals surface area contributed by atoms with Gasteiger partial charge in [-0.25, -0.2) is 4.98 Å². The van der Waals surface area contributed by atoms with Crippen LogP contribution in [0.5, 0.6) is 0 Å². The molecule has 5 heteroatoms. The highest BCUT2D eigenvalue weighted by Crippen LogP contribution is 2.18. The van der Waals surface area contributed by atoms with Crippen LogP contribution >= 0.6 is 0 Å². The van der Waals surface area contributed by atoms with Gasteiger partial charge in [-0.1, -0.05) is 12.1 Å². The second-order valence-electron chi connectivity index (χ2n) is 5.41. The Kier molecular flexibility index (Phi) is 3.82. The van der Waals surface area contributed by atoms with Crippen LogP contribution in [0.25, 0.3) is 11.0 Å². The van der Waals surface area contributed by atoms with Gasteiger partial charge in [0.15, 0.2) is 0 Å². The zero-order valence-electron chi connectivity index (χ0n) is 13.0. The molecule has 0 saturated heterocycles. The molecule has 1 heterocycles. The van der Waals surface area contributed by atoms with Gasteiger partial charge in [-0.2, -0.15) is 5.26 Å². The smallest absolute Gasteiger partial charge is 0.255 e. The van der Waals surface area contributed by atoms with E-state index < -0.39 is 0 Å². The zero-order valence-corrected chi connectivity index (χ0v) is 13.0. The average Bonchev–Trinajstić information content (AvgIpc) is 2.83. The molecule has 3 aromatic rings. The second kappa shape index (κ2) is 5.93. The number of anilines is 1. The number of nitrogens with one attached hydrogen (secondary N) is 1. The molecule has 0 spiro atoms. The van der Waals surface area contributed by atoms with E-state index in [9.17, 15) is 4.79 Å². The molecular weight excluding hydrogens is 288 g/mol. The summed E-state index contributed by atoms with van der Waals surface area (Å²) < 4.78 is 1.99. The molecule has 114 valence electrons. The predicted molar refractivity (Wildman–Crippen MR) is 89.2 cm³/mol. The quantitative estimate of drug-likeness (QED) is 0.807. The minimum absolute atomic E-state index is 0.178. The van der Waals surface area contributed by atoms with Gasteiger partial charge in [-0.15, -0.1) is 0 Å². The molecule has 0 fully saturated rings. The SMILES string of the molecule is Cc1nc2cc(C(=O)Nc3ccc(CC#N)cc3)ccc2n1C. The maximum atomic E-state index is 12.4. The Hall–Kier alpha value is -3.13. The Balaban J connectivity index is 1.81. The van der Waals surface area contributed by atoms with Crippen LogP contribution in [0.15, 0.2) is 42.5 Å². The summed E-state index contributed by atoms with van der Waals surface area (Å²) in [6.07, 6.45) is 0.365. The fraction of sp³-hybridized carbons (Fsp3) is 0.167. The molecule has 0 saturated carbocycles. The largest absolute Gasteiger partial charge is 0.331 e. The molecule has 3 rings (SSSR count). The lowest BCUT2D eigenvalue weighted by atomic mass is 10.1. The van der Waals surface area contributed by atoms with E-state index in [4.69, 9.17) is 5.26 Å². The van der Waals surface area contributed by atoms with Crippen molar-refractivity contribution in [1.82, 2.24) is 9.55 Å². The van der Waals surface area contributed by atoms with Gasteiger partial charge in [-0.05, 0) is 42.8 Å². The van der Waals surface area contributed by atoms with Crippen LogP contribution in [-0.2, 0) is 13.5 Å². The van der Waals surface area contributed by atoms with Gasteiger partial charge >= 0.3 is 0 Å². The van der Waals surface area contributed by atoms with E-state index in [1.165, 1.54) is 0 Å². The Morgan fingerprint density at radius 1 is 1.26 bits per heavy atom. The van der Waals surface area contributed by atoms with Gasteiger partial charge < -0.3 is 9.88 Å².